The minimum atomic E-state index is 0.473. The van der Waals surface area contributed by atoms with Crippen molar-refractivity contribution in [3.05, 3.63) is 29.8 Å². The highest BCUT2D eigenvalue weighted by Gasteiger charge is 2.21. The number of ether oxygens (including phenoxy) is 1. The van der Waals surface area contributed by atoms with Crippen molar-refractivity contribution in [3.63, 3.8) is 0 Å². The van der Waals surface area contributed by atoms with Gasteiger partial charge in [-0.25, -0.2) is 0 Å². The van der Waals surface area contributed by atoms with Crippen molar-refractivity contribution >= 4 is 0 Å². The predicted octanol–water partition coefficient (Wildman–Crippen LogP) is 4.95. The summed E-state index contributed by atoms with van der Waals surface area (Å²) in [5, 5.41) is 3.75. The topological polar surface area (TPSA) is 21.3 Å². The molecule has 0 fully saturated rings. The third kappa shape index (κ3) is 5.16. The fourth-order valence-electron chi connectivity index (χ4n) is 2.89. The third-order valence-corrected chi connectivity index (χ3v) is 3.88. The average Bonchev–Trinajstić information content (AvgIpc) is 2.48. The molecule has 0 spiro atoms. The zero-order chi connectivity index (χ0) is 14.8. The van der Waals surface area contributed by atoms with Gasteiger partial charge in [0.05, 0.1) is 7.11 Å². The lowest BCUT2D eigenvalue weighted by Crippen LogP contribution is -2.29. The van der Waals surface area contributed by atoms with E-state index in [9.17, 15) is 0 Å². The van der Waals surface area contributed by atoms with Crippen LogP contribution in [-0.4, -0.2) is 13.7 Å². The van der Waals surface area contributed by atoms with E-state index in [4.69, 9.17) is 4.74 Å². The van der Waals surface area contributed by atoms with Crippen LogP contribution >= 0.6 is 0 Å². The lowest BCUT2D eigenvalue weighted by Gasteiger charge is -2.28. The van der Waals surface area contributed by atoms with Crippen LogP contribution in [-0.2, 0) is 0 Å². The highest BCUT2D eigenvalue weighted by Crippen LogP contribution is 2.30. The van der Waals surface area contributed by atoms with Gasteiger partial charge in [-0.3, -0.25) is 0 Å². The summed E-state index contributed by atoms with van der Waals surface area (Å²) >= 11 is 0. The molecule has 1 N–H and O–H groups in total. The minimum absolute atomic E-state index is 0.473. The Hall–Kier alpha value is -1.02. The van der Waals surface area contributed by atoms with Gasteiger partial charge in [0, 0.05) is 6.04 Å². The average molecular weight is 277 g/mol. The summed E-state index contributed by atoms with van der Waals surface area (Å²) in [6.07, 6.45) is 6.27. The van der Waals surface area contributed by atoms with Crippen LogP contribution in [0.5, 0.6) is 5.75 Å². The van der Waals surface area contributed by atoms with Gasteiger partial charge in [-0.05, 0) is 49.4 Å². The van der Waals surface area contributed by atoms with Gasteiger partial charge >= 0.3 is 0 Å². The van der Waals surface area contributed by atoms with Crippen molar-refractivity contribution in [3.8, 4) is 5.75 Å². The first-order valence-corrected chi connectivity index (χ1v) is 8.14. The fraction of sp³-hybridized carbons (Fsp3) is 0.667. The summed E-state index contributed by atoms with van der Waals surface area (Å²) < 4.78 is 5.27. The van der Waals surface area contributed by atoms with E-state index in [1.807, 2.05) is 0 Å². The van der Waals surface area contributed by atoms with Gasteiger partial charge in [-0.15, -0.1) is 0 Å². The van der Waals surface area contributed by atoms with Crippen molar-refractivity contribution < 1.29 is 4.74 Å². The second kappa shape index (κ2) is 9.82. The SMILES string of the molecule is CCCNC(c1ccc(OC)cc1)C(CCC)CCC. The van der Waals surface area contributed by atoms with Crippen molar-refractivity contribution in [1.82, 2.24) is 5.32 Å². The molecule has 0 aliphatic rings. The lowest BCUT2D eigenvalue weighted by molar-refractivity contribution is 0.316. The molecule has 0 bridgehead atoms. The van der Waals surface area contributed by atoms with Gasteiger partial charge in [0.2, 0.25) is 0 Å². The Labute approximate surface area is 124 Å². The molecule has 1 aromatic carbocycles. The lowest BCUT2D eigenvalue weighted by atomic mass is 9.86. The van der Waals surface area contributed by atoms with Gasteiger partial charge < -0.3 is 10.1 Å². The number of nitrogens with one attached hydrogen (secondary N) is 1. The van der Waals surface area contributed by atoms with Crippen LogP contribution in [0, 0.1) is 5.92 Å². The standard InChI is InChI=1S/C18H31NO/c1-5-8-15(9-6-2)18(19-14-7-3)16-10-12-17(20-4)13-11-16/h10-13,15,18-19H,5-9,14H2,1-4H3. The number of benzene rings is 1. The predicted molar refractivity (Wildman–Crippen MR) is 87.3 cm³/mol. The van der Waals surface area contributed by atoms with Crippen LogP contribution in [0.15, 0.2) is 24.3 Å². The van der Waals surface area contributed by atoms with Crippen molar-refractivity contribution in [2.75, 3.05) is 13.7 Å². The Morgan fingerprint density at radius 2 is 1.55 bits per heavy atom. The molecule has 0 saturated carbocycles. The van der Waals surface area contributed by atoms with Gasteiger partial charge in [-0.2, -0.15) is 0 Å². The largest absolute Gasteiger partial charge is 0.497 e. The van der Waals surface area contributed by atoms with Crippen molar-refractivity contribution in [2.24, 2.45) is 5.92 Å². The Morgan fingerprint density at radius 3 is 2.00 bits per heavy atom. The summed E-state index contributed by atoms with van der Waals surface area (Å²) in [7, 11) is 1.72. The maximum Gasteiger partial charge on any atom is 0.118 e. The minimum Gasteiger partial charge on any atom is -0.497 e. The number of rotatable bonds is 10. The molecule has 2 nitrogen and oxygen atoms in total. The van der Waals surface area contributed by atoms with Crippen LogP contribution in [0.2, 0.25) is 0 Å². The zero-order valence-electron chi connectivity index (χ0n) is 13.6. The van der Waals surface area contributed by atoms with E-state index in [2.05, 4.69) is 50.4 Å². The summed E-state index contributed by atoms with van der Waals surface area (Å²) in [5.41, 5.74) is 1.39. The monoisotopic (exact) mass is 277 g/mol. The smallest absolute Gasteiger partial charge is 0.118 e. The first-order valence-electron chi connectivity index (χ1n) is 8.14. The van der Waals surface area contributed by atoms with Gasteiger partial charge in [0.1, 0.15) is 5.75 Å². The molecule has 20 heavy (non-hydrogen) atoms. The molecule has 2 heteroatoms. The maximum atomic E-state index is 5.27. The van der Waals surface area contributed by atoms with E-state index in [0.717, 1.165) is 18.2 Å². The molecule has 0 aliphatic carbocycles. The molecule has 0 aromatic heterocycles. The van der Waals surface area contributed by atoms with E-state index in [1.54, 1.807) is 7.11 Å². The summed E-state index contributed by atoms with van der Waals surface area (Å²) in [5.74, 6) is 1.66. The highest BCUT2D eigenvalue weighted by molar-refractivity contribution is 5.29. The van der Waals surface area contributed by atoms with E-state index >= 15 is 0 Å². The maximum absolute atomic E-state index is 5.27. The van der Waals surface area contributed by atoms with Crippen molar-refractivity contribution in [2.45, 2.75) is 58.9 Å². The highest BCUT2D eigenvalue weighted by atomic mass is 16.5. The molecular weight excluding hydrogens is 246 g/mol. The van der Waals surface area contributed by atoms with Crippen LogP contribution in [0.1, 0.15) is 64.5 Å². The Bertz CT molecular complexity index is 341. The molecule has 1 aromatic rings. The van der Waals surface area contributed by atoms with Crippen LogP contribution < -0.4 is 10.1 Å². The van der Waals surface area contributed by atoms with Crippen LogP contribution in [0.25, 0.3) is 0 Å². The normalized spacial score (nSPS) is 12.7. The van der Waals surface area contributed by atoms with Crippen LogP contribution in [0.4, 0.5) is 0 Å². The molecule has 0 radical (unpaired) electrons. The van der Waals surface area contributed by atoms with Gasteiger partial charge in [0.25, 0.3) is 0 Å². The summed E-state index contributed by atoms with van der Waals surface area (Å²) in [6, 6.07) is 9.05. The zero-order valence-corrected chi connectivity index (χ0v) is 13.6. The molecular formula is C18H31NO. The fourth-order valence-corrected chi connectivity index (χ4v) is 2.89. The van der Waals surface area contributed by atoms with E-state index in [0.29, 0.717) is 6.04 Å². The molecule has 0 amide bonds. The number of hydrogen-bond acceptors (Lipinski definition) is 2. The first kappa shape index (κ1) is 17.0. The molecule has 1 unspecified atom stereocenters. The quantitative estimate of drug-likeness (QED) is 0.653. The molecule has 0 aliphatic heterocycles. The molecule has 1 atom stereocenters. The van der Waals surface area contributed by atoms with E-state index in [1.165, 1.54) is 37.7 Å². The molecule has 0 heterocycles. The second-order valence-electron chi connectivity index (χ2n) is 5.54. The third-order valence-electron chi connectivity index (χ3n) is 3.88. The van der Waals surface area contributed by atoms with E-state index in [-0.39, 0.29) is 0 Å². The van der Waals surface area contributed by atoms with Gasteiger partial charge in [-0.1, -0.05) is 45.7 Å². The molecule has 114 valence electrons. The molecule has 1 rings (SSSR count). The molecule has 0 saturated heterocycles. The number of methoxy groups -OCH3 is 1. The number of hydrogen-bond donors (Lipinski definition) is 1. The van der Waals surface area contributed by atoms with Crippen molar-refractivity contribution in [1.29, 1.82) is 0 Å². The van der Waals surface area contributed by atoms with Gasteiger partial charge in [0.15, 0.2) is 0 Å². The Kier molecular flexibility index (Phi) is 8.36. The summed E-state index contributed by atoms with van der Waals surface area (Å²) in [4.78, 5) is 0. The van der Waals surface area contributed by atoms with Crippen LogP contribution in [0.3, 0.4) is 0 Å². The second-order valence-corrected chi connectivity index (χ2v) is 5.54. The summed E-state index contributed by atoms with van der Waals surface area (Å²) in [6.45, 7) is 7.88. The van der Waals surface area contributed by atoms with E-state index < -0.39 is 0 Å². The Balaban J connectivity index is 2.88. The first-order chi connectivity index (χ1) is 9.76. The Morgan fingerprint density at radius 1 is 0.950 bits per heavy atom.